The van der Waals surface area contributed by atoms with Gasteiger partial charge < -0.3 is 10.6 Å². The molecular formula is C14H22ClN3OS. The van der Waals surface area contributed by atoms with Crippen molar-refractivity contribution in [1.29, 1.82) is 0 Å². The molecule has 20 heavy (non-hydrogen) atoms. The topological polar surface area (TPSA) is 44.4 Å². The van der Waals surface area contributed by atoms with Gasteiger partial charge in [-0.05, 0) is 36.8 Å². The average Bonchev–Trinajstić information content (AvgIpc) is 3.07. The molecule has 3 rings (SSSR count). The molecule has 0 saturated carbocycles. The number of hydrogen-bond donors (Lipinski definition) is 2. The van der Waals surface area contributed by atoms with Crippen LogP contribution in [0.1, 0.15) is 17.7 Å². The molecule has 2 aliphatic rings. The fraction of sp³-hybridized carbons (Fsp3) is 0.643. The van der Waals surface area contributed by atoms with Crippen LogP contribution in [-0.4, -0.2) is 43.0 Å². The van der Waals surface area contributed by atoms with E-state index in [0.29, 0.717) is 19.1 Å². The number of carbonyl (C=O) groups excluding carboxylic acids is 1. The average molecular weight is 316 g/mol. The Balaban J connectivity index is 0.00000147. The minimum Gasteiger partial charge on any atom is -0.350 e. The molecule has 0 bridgehead atoms. The third kappa shape index (κ3) is 3.95. The summed E-state index contributed by atoms with van der Waals surface area (Å²) in [5, 5.41) is 8.60. The number of hydrogen-bond acceptors (Lipinski definition) is 4. The van der Waals surface area contributed by atoms with Crippen LogP contribution in [0.3, 0.4) is 0 Å². The molecule has 2 saturated heterocycles. The van der Waals surface area contributed by atoms with Gasteiger partial charge in [-0.3, -0.25) is 9.69 Å². The van der Waals surface area contributed by atoms with Crippen molar-refractivity contribution in [3.05, 3.63) is 22.4 Å². The highest BCUT2D eigenvalue weighted by Crippen LogP contribution is 2.24. The maximum Gasteiger partial charge on any atom is 0.234 e. The molecule has 1 amide bonds. The van der Waals surface area contributed by atoms with E-state index in [1.54, 1.807) is 11.3 Å². The Bertz CT molecular complexity index is 426. The van der Waals surface area contributed by atoms with Gasteiger partial charge in [-0.15, -0.1) is 23.7 Å². The molecule has 2 atom stereocenters. The van der Waals surface area contributed by atoms with Crippen molar-refractivity contribution in [3.63, 3.8) is 0 Å². The number of nitrogens with one attached hydrogen (secondary N) is 2. The van der Waals surface area contributed by atoms with E-state index >= 15 is 0 Å². The van der Waals surface area contributed by atoms with Crippen LogP contribution >= 0.6 is 23.7 Å². The molecule has 2 aliphatic heterocycles. The molecule has 1 aromatic heterocycles. The zero-order valence-corrected chi connectivity index (χ0v) is 13.1. The summed E-state index contributed by atoms with van der Waals surface area (Å²) in [6.07, 6.45) is 2.45. The second kappa shape index (κ2) is 7.41. The third-order valence-electron chi connectivity index (χ3n) is 4.15. The molecule has 2 fully saturated rings. The molecule has 6 heteroatoms. The standard InChI is InChI=1S/C14H21N3OS.ClH/c18-14(16-8-12-2-1-7-19-12)10-17-6-4-13-11(9-17)3-5-15-13;/h1-2,7,11,13,15H,3-6,8-10H2,(H,16,18);1H. The van der Waals surface area contributed by atoms with Gasteiger partial charge in [-0.1, -0.05) is 6.07 Å². The summed E-state index contributed by atoms with van der Waals surface area (Å²) < 4.78 is 0. The van der Waals surface area contributed by atoms with Crippen LogP contribution in [0.2, 0.25) is 0 Å². The summed E-state index contributed by atoms with van der Waals surface area (Å²) in [7, 11) is 0. The number of thiophene rings is 1. The summed E-state index contributed by atoms with van der Waals surface area (Å²) in [6, 6.07) is 4.77. The van der Waals surface area contributed by atoms with Gasteiger partial charge in [0.05, 0.1) is 13.1 Å². The molecule has 0 aromatic carbocycles. The predicted octanol–water partition coefficient (Wildman–Crippen LogP) is 1.47. The fourth-order valence-corrected chi connectivity index (χ4v) is 3.77. The van der Waals surface area contributed by atoms with Gasteiger partial charge in [0.15, 0.2) is 0 Å². The number of rotatable bonds is 4. The lowest BCUT2D eigenvalue weighted by Crippen LogP contribution is -2.47. The van der Waals surface area contributed by atoms with Gasteiger partial charge >= 0.3 is 0 Å². The summed E-state index contributed by atoms with van der Waals surface area (Å²) >= 11 is 1.69. The minimum absolute atomic E-state index is 0. The van der Waals surface area contributed by atoms with E-state index in [2.05, 4.69) is 21.6 Å². The van der Waals surface area contributed by atoms with E-state index in [-0.39, 0.29) is 18.3 Å². The summed E-state index contributed by atoms with van der Waals surface area (Å²) in [4.78, 5) is 15.5. The van der Waals surface area contributed by atoms with Crippen LogP contribution in [0.5, 0.6) is 0 Å². The summed E-state index contributed by atoms with van der Waals surface area (Å²) in [6.45, 7) is 4.48. The Hall–Kier alpha value is -0.620. The second-order valence-electron chi connectivity index (χ2n) is 5.49. The number of fused-ring (bicyclic) bond motifs is 1. The molecule has 0 aliphatic carbocycles. The quantitative estimate of drug-likeness (QED) is 0.884. The lowest BCUT2D eigenvalue weighted by atomic mass is 9.93. The molecule has 3 heterocycles. The van der Waals surface area contributed by atoms with Crippen LogP contribution in [-0.2, 0) is 11.3 Å². The lowest BCUT2D eigenvalue weighted by molar-refractivity contribution is -0.122. The van der Waals surface area contributed by atoms with Crippen LogP contribution < -0.4 is 10.6 Å². The van der Waals surface area contributed by atoms with Gasteiger partial charge in [-0.25, -0.2) is 0 Å². The molecular weight excluding hydrogens is 294 g/mol. The number of halogens is 1. The molecule has 0 spiro atoms. The predicted molar refractivity (Wildman–Crippen MR) is 84.4 cm³/mol. The first-order valence-electron chi connectivity index (χ1n) is 7.06. The zero-order valence-electron chi connectivity index (χ0n) is 11.5. The normalized spacial score (nSPS) is 25.8. The van der Waals surface area contributed by atoms with Gasteiger partial charge in [0.1, 0.15) is 0 Å². The molecule has 2 N–H and O–H groups in total. The van der Waals surface area contributed by atoms with Crippen molar-refractivity contribution in [2.45, 2.75) is 25.4 Å². The SMILES string of the molecule is Cl.O=C(CN1CCC2NCCC2C1)NCc1cccs1. The van der Waals surface area contributed by atoms with Crippen molar-refractivity contribution < 1.29 is 4.79 Å². The smallest absolute Gasteiger partial charge is 0.234 e. The Labute approximate surface area is 130 Å². The van der Waals surface area contributed by atoms with Gasteiger partial charge in [0.25, 0.3) is 0 Å². The molecule has 1 aromatic rings. The largest absolute Gasteiger partial charge is 0.350 e. The first kappa shape index (κ1) is 15.8. The molecule has 0 radical (unpaired) electrons. The van der Waals surface area contributed by atoms with Crippen molar-refractivity contribution >= 4 is 29.7 Å². The van der Waals surface area contributed by atoms with Crippen LogP contribution in [0.15, 0.2) is 17.5 Å². The number of carbonyl (C=O) groups is 1. The van der Waals surface area contributed by atoms with Crippen LogP contribution in [0.4, 0.5) is 0 Å². The molecule has 2 unspecified atom stereocenters. The fourth-order valence-electron chi connectivity index (χ4n) is 3.12. The first-order chi connectivity index (χ1) is 9.31. The van der Waals surface area contributed by atoms with E-state index in [9.17, 15) is 4.79 Å². The summed E-state index contributed by atoms with van der Waals surface area (Å²) in [5.74, 6) is 0.900. The lowest BCUT2D eigenvalue weighted by Gasteiger charge is -2.34. The Morgan fingerprint density at radius 2 is 2.40 bits per heavy atom. The monoisotopic (exact) mass is 315 g/mol. The minimum atomic E-state index is 0. The molecule has 4 nitrogen and oxygen atoms in total. The van der Waals surface area contributed by atoms with Gasteiger partial charge in [0, 0.05) is 24.0 Å². The van der Waals surface area contributed by atoms with Crippen molar-refractivity contribution in [1.82, 2.24) is 15.5 Å². The van der Waals surface area contributed by atoms with E-state index < -0.39 is 0 Å². The Morgan fingerprint density at radius 3 is 3.20 bits per heavy atom. The summed E-state index contributed by atoms with van der Waals surface area (Å²) in [5.41, 5.74) is 0. The maximum atomic E-state index is 11.9. The highest BCUT2D eigenvalue weighted by molar-refractivity contribution is 7.09. The Morgan fingerprint density at radius 1 is 1.50 bits per heavy atom. The van der Waals surface area contributed by atoms with E-state index in [1.165, 1.54) is 17.7 Å². The Kier molecular flexibility index (Phi) is 5.84. The van der Waals surface area contributed by atoms with Gasteiger partial charge in [0.2, 0.25) is 5.91 Å². The first-order valence-corrected chi connectivity index (χ1v) is 7.94. The second-order valence-corrected chi connectivity index (χ2v) is 6.52. The van der Waals surface area contributed by atoms with Crippen molar-refractivity contribution in [2.75, 3.05) is 26.2 Å². The van der Waals surface area contributed by atoms with Crippen molar-refractivity contribution in [3.8, 4) is 0 Å². The van der Waals surface area contributed by atoms with Crippen LogP contribution in [0, 0.1) is 5.92 Å². The highest BCUT2D eigenvalue weighted by atomic mass is 35.5. The zero-order chi connectivity index (χ0) is 13.1. The maximum absolute atomic E-state index is 11.9. The number of piperidine rings is 1. The van der Waals surface area contributed by atoms with Crippen molar-refractivity contribution in [2.24, 2.45) is 5.92 Å². The van der Waals surface area contributed by atoms with Crippen LogP contribution in [0.25, 0.3) is 0 Å². The number of nitrogens with zero attached hydrogens (tertiary/aromatic N) is 1. The van der Waals surface area contributed by atoms with E-state index in [0.717, 1.165) is 25.6 Å². The number of likely N-dealkylation sites (tertiary alicyclic amines) is 1. The van der Waals surface area contributed by atoms with E-state index in [1.807, 2.05) is 11.4 Å². The highest BCUT2D eigenvalue weighted by Gasteiger charge is 2.32. The third-order valence-corrected chi connectivity index (χ3v) is 5.02. The number of amides is 1. The molecule has 112 valence electrons. The van der Waals surface area contributed by atoms with Gasteiger partial charge in [-0.2, -0.15) is 0 Å². The van der Waals surface area contributed by atoms with E-state index in [4.69, 9.17) is 0 Å².